The van der Waals surface area contributed by atoms with Gasteiger partial charge in [0.2, 0.25) is 0 Å². The van der Waals surface area contributed by atoms with Gasteiger partial charge in [0.1, 0.15) is 0 Å². The van der Waals surface area contributed by atoms with E-state index in [1.54, 1.807) is 0 Å². The van der Waals surface area contributed by atoms with Crippen molar-refractivity contribution in [2.75, 3.05) is 0 Å². The summed E-state index contributed by atoms with van der Waals surface area (Å²) >= 11 is 0. The highest BCUT2D eigenvalue weighted by atomic mass is 14.9. The number of allylic oxidation sites excluding steroid dienone is 12. The Bertz CT molecular complexity index is 3420. The number of aliphatic imine (C=N–C) groups is 4. The van der Waals surface area contributed by atoms with E-state index in [9.17, 15) is 0 Å². The van der Waals surface area contributed by atoms with E-state index in [-0.39, 0.29) is 10.8 Å². The highest BCUT2D eigenvalue weighted by Gasteiger charge is 2.45. The first-order chi connectivity index (χ1) is 41.9. The molecule has 5 aliphatic heterocycles. The molecule has 4 heteroatoms. The summed E-state index contributed by atoms with van der Waals surface area (Å²) in [4.78, 5) is 22.2. The number of fused-ring (bicyclic) bond motifs is 10. The van der Waals surface area contributed by atoms with Crippen LogP contribution in [0.15, 0.2) is 188 Å². The number of nitrogens with zero attached hydrogens (tertiary/aromatic N) is 4. The molecule has 8 bridgehead atoms. The molecule has 5 heterocycles. The summed E-state index contributed by atoms with van der Waals surface area (Å²) in [5.74, 6) is 0. The lowest BCUT2D eigenvalue weighted by molar-refractivity contribution is 0.396. The normalized spacial score (nSPS) is 19.3. The molecule has 442 valence electrons. The van der Waals surface area contributed by atoms with E-state index in [4.69, 9.17) is 20.0 Å². The van der Waals surface area contributed by atoms with Crippen LogP contribution in [0.3, 0.4) is 0 Å². The van der Waals surface area contributed by atoms with E-state index in [1.807, 2.05) is 0 Å². The summed E-state index contributed by atoms with van der Waals surface area (Å²) < 4.78 is 0. The van der Waals surface area contributed by atoms with Crippen LogP contribution in [0.2, 0.25) is 0 Å². The van der Waals surface area contributed by atoms with Crippen molar-refractivity contribution in [3.63, 3.8) is 0 Å². The highest BCUT2D eigenvalue weighted by molar-refractivity contribution is 6.34. The van der Waals surface area contributed by atoms with E-state index >= 15 is 0 Å². The number of hydrogen-bond acceptors (Lipinski definition) is 4. The first-order valence-electron chi connectivity index (χ1n) is 34.4. The van der Waals surface area contributed by atoms with Crippen LogP contribution in [-0.4, -0.2) is 22.8 Å². The molecule has 4 nitrogen and oxygen atoms in total. The number of benzene rings is 4. The molecule has 4 aromatic carbocycles. The summed E-state index contributed by atoms with van der Waals surface area (Å²) in [6, 6.07) is 32.7. The van der Waals surface area contributed by atoms with E-state index in [1.165, 1.54) is 235 Å². The molecule has 11 rings (SSSR count). The summed E-state index contributed by atoms with van der Waals surface area (Å²) in [5.41, 5.74) is 23.2. The van der Waals surface area contributed by atoms with Crippen molar-refractivity contribution in [1.82, 2.24) is 0 Å². The van der Waals surface area contributed by atoms with Crippen molar-refractivity contribution in [3.8, 4) is 22.3 Å². The average molecular weight is 1130 g/mol. The smallest absolute Gasteiger partial charge is 0.0737 e. The lowest BCUT2D eigenvalue weighted by atomic mass is 9.68. The monoisotopic (exact) mass is 1130 g/mol. The molecule has 0 amide bonds. The summed E-state index contributed by atoms with van der Waals surface area (Å²) in [6.45, 7) is 9.44. The lowest BCUT2D eigenvalue weighted by Crippen LogP contribution is -2.27. The van der Waals surface area contributed by atoms with Crippen molar-refractivity contribution in [1.29, 1.82) is 0 Å². The number of unbranched alkanes of at least 4 members (excludes halogenated alkanes) is 25. The Balaban J connectivity index is 0.928. The average Bonchev–Trinajstić information content (AvgIpc) is 2.03. The molecule has 0 spiro atoms. The lowest BCUT2D eigenvalue weighted by Gasteiger charge is -2.35. The maximum atomic E-state index is 5.57. The van der Waals surface area contributed by atoms with Gasteiger partial charge in [-0.2, -0.15) is 0 Å². The quantitative estimate of drug-likeness (QED) is 0.0427. The van der Waals surface area contributed by atoms with Gasteiger partial charge < -0.3 is 0 Å². The third-order valence-electron chi connectivity index (χ3n) is 19.9. The fraction of sp³-hybridized carbons (Fsp3) is 0.457. The first kappa shape index (κ1) is 60.2. The van der Waals surface area contributed by atoms with Gasteiger partial charge >= 0.3 is 0 Å². The number of hydrogen-bond donors (Lipinski definition) is 0. The second-order valence-electron chi connectivity index (χ2n) is 26.1. The molecule has 2 aliphatic carbocycles. The minimum atomic E-state index is -0.154. The standard InChI is InChI=1S/C81H98N4/c1-5-8-11-14-17-19-20-21-22-23-24-26-29-36-57-81(56-35-28-25-18-15-12-9-6-2)71-46-33-31-40-65(71)67-42-38-44-69(79(67)81)77-74-53-49-62(84-74)58-60-47-51-72(82-60)76(73-52-48-61(83-73)59-63-50-54-75(77)85-63)68-43-37-41-66-64-39-30-32-45-70(64)80(4,78(66)68)55-34-27-16-13-10-7-3/h30-33,37-54,58-59H,5-29,34-36,55-57H2,1-4H3. The van der Waals surface area contributed by atoms with Crippen molar-refractivity contribution < 1.29 is 0 Å². The van der Waals surface area contributed by atoms with E-state index in [0.29, 0.717) is 0 Å². The van der Waals surface area contributed by atoms with E-state index in [2.05, 4.69) is 173 Å². The Hall–Kier alpha value is -6.52. The van der Waals surface area contributed by atoms with Crippen LogP contribution in [0.5, 0.6) is 0 Å². The molecule has 0 saturated heterocycles. The molecule has 0 saturated carbocycles. The molecule has 2 unspecified atom stereocenters. The summed E-state index contributed by atoms with van der Waals surface area (Å²) in [6.07, 6.45) is 62.9. The molecule has 4 aromatic rings. The molecule has 0 aromatic heterocycles. The number of rotatable bonds is 33. The Morgan fingerprint density at radius 3 is 1.14 bits per heavy atom. The predicted molar refractivity (Wildman–Crippen MR) is 367 cm³/mol. The largest absolute Gasteiger partial charge is 0.248 e. The molecular formula is C81H98N4. The maximum absolute atomic E-state index is 5.57. The SMILES string of the molecule is CCCCCCCCCCCCCCCCC1(CCCCCCCCCC)c2ccccc2-c2cccc(C3=C4C=CC(=N4)C=C4C=CC(=N4)C(c4cccc5c4C(C)(CCCCCCCC)c4ccccc4-5)=C4C=CC(=N4)C=C4C=CC3=N4)c21. The van der Waals surface area contributed by atoms with Crippen molar-refractivity contribution in [2.24, 2.45) is 20.0 Å². The Morgan fingerprint density at radius 1 is 0.306 bits per heavy atom. The van der Waals surface area contributed by atoms with Gasteiger partial charge in [-0.05, 0) is 136 Å². The fourth-order valence-electron chi connectivity index (χ4n) is 15.5. The van der Waals surface area contributed by atoms with Gasteiger partial charge in [-0.15, -0.1) is 0 Å². The van der Waals surface area contributed by atoms with Crippen molar-refractivity contribution >= 4 is 34.0 Å². The second-order valence-corrected chi connectivity index (χ2v) is 26.1. The van der Waals surface area contributed by atoms with Gasteiger partial charge in [0.15, 0.2) is 0 Å². The van der Waals surface area contributed by atoms with Gasteiger partial charge in [-0.3, -0.25) is 0 Å². The second kappa shape index (κ2) is 29.2. The predicted octanol–water partition coefficient (Wildman–Crippen LogP) is 23.3. The van der Waals surface area contributed by atoms with Gasteiger partial charge in [0.05, 0.1) is 45.6 Å². The summed E-state index contributed by atoms with van der Waals surface area (Å²) in [7, 11) is 0. The van der Waals surface area contributed by atoms with Crippen LogP contribution in [0.1, 0.15) is 260 Å². The van der Waals surface area contributed by atoms with Crippen LogP contribution in [0.25, 0.3) is 33.4 Å². The Morgan fingerprint density at radius 2 is 0.671 bits per heavy atom. The third-order valence-corrected chi connectivity index (χ3v) is 19.9. The van der Waals surface area contributed by atoms with E-state index in [0.717, 1.165) is 76.0 Å². The minimum absolute atomic E-state index is 0.111. The van der Waals surface area contributed by atoms with Gasteiger partial charge in [0, 0.05) is 22.0 Å². The minimum Gasteiger partial charge on any atom is -0.248 e. The Kier molecular flexibility index (Phi) is 20.7. The van der Waals surface area contributed by atoms with Crippen molar-refractivity contribution in [3.05, 3.63) is 202 Å². The third kappa shape index (κ3) is 13.6. The van der Waals surface area contributed by atoms with Crippen LogP contribution in [0.4, 0.5) is 0 Å². The molecule has 0 radical (unpaired) electrons. The maximum Gasteiger partial charge on any atom is 0.0737 e. The zero-order valence-electron chi connectivity index (χ0n) is 52.6. The van der Waals surface area contributed by atoms with Gasteiger partial charge in [-0.1, -0.05) is 292 Å². The fourth-order valence-corrected chi connectivity index (χ4v) is 15.5. The van der Waals surface area contributed by atoms with Crippen molar-refractivity contribution in [2.45, 2.75) is 238 Å². The van der Waals surface area contributed by atoms with Crippen LogP contribution < -0.4 is 0 Å². The summed E-state index contributed by atoms with van der Waals surface area (Å²) in [5, 5.41) is 0. The topological polar surface area (TPSA) is 49.4 Å². The first-order valence-corrected chi connectivity index (χ1v) is 34.4. The molecule has 85 heavy (non-hydrogen) atoms. The van der Waals surface area contributed by atoms with Gasteiger partial charge in [-0.25, -0.2) is 20.0 Å². The zero-order valence-corrected chi connectivity index (χ0v) is 52.6. The Labute approximate surface area is 512 Å². The molecular weight excluding hydrogens is 1030 g/mol. The van der Waals surface area contributed by atoms with Crippen LogP contribution >= 0.6 is 0 Å². The molecule has 7 aliphatic rings. The van der Waals surface area contributed by atoms with Crippen LogP contribution in [0, 0.1) is 0 Å². The molecule has 0 N–H and O–H groups in total. The van der Waals surface area contributed by atoms with Gasteiger partial charge in [0.25, 0.3) is 0 Å². The van der Waals surface area contributed by atoms with E-state index < -0.39 is 0 Å². The highest BCUT2D eigenvalue weighted by Crippen LogP contribution is 2.58. The molecule has 2 atom stereocenters. The molecule has 0 fully saturated rings. The van der Waals surface area contributed by atoms with Crippen LogP contribution in [-0.2, 0) is 10.8 Å². The zero-order chi connectivity index (χ0) is 58.3.